The smallest absolute Gasteiger partial charge is 0.385 e. The number of amides is 2. The molecule has 3 N–H and O–H groups in total. The summed E-state index contributed by atoms with van der Waals surface area (Å²) in [4.78, 5) is 28.8. The van der Waals surface area contributed by atoms with Crippen molar-refractivity contribution in [2.75, 3.05) is 24.5 Å². The average Bonchev–Trinajstić information content (AvgIpc) is 3.40. The van der Waals surface area contributed by atoms with E-state index in [2.05, 4.69) is 20.5 Å². The van der Waals surface area contributed by atoms with Crippen molar-refractivity contribution in [1.29, 1.82) is 0 Å². The Morgan fingerprint density at radius 2 is 1.91 bits per heavy atom. The van der Waals surface area contributed by atoms with Gasteiger partial charge in [-0.25, -0.2) is 4.98 Å². The number of aromatic nitrogens is 1. The van der Waals surface area contributed by atoms with E-state index in [-0.39, 0.29) is 34.7 Å². The zero-order valence-corrected chi connectivity index (χ0v) is 19.1. The Balaban J connectivity index is 1.22. The van der Waals surface area contributed by atoms with Crippen molar-refractivity contribution in [1.82, 2.24) is 15.6 Å². The second-order valence-electron chi connectivity index (χ2n) is 8.01. The fourth-order valence-electron chi connectivity index (χ4n) is 3.88. The van der Waals surface area contributed by atoms with Gasteiger partial charge >= 0.3 is 6.18 Å². The Bertz CT molecular complexity index is 991. The van der Waals surface area contributed by atoms with Crippen LogP contribution < -0.4 is 15.5 Å². The van der Waals surface area contributed by atoms with Gasteiger partial charge in [0.2, 0.25) is 5.91 Å². The Hall–Kier alpha value is -2.15. The maximum atomic E-state index is 12.7. The highest BCUT2D eigenvalue weighted by atomic mass is 32.2. The third-order valence-corrected chi connectivity index (χ3v) is 7.58. The number of thiazole rings is 1. The monoisotopic (exact) mass is 500 g/mol. The number of nitrogens with one attached hydrogen (secondary N) is 2. The molecule has 3 heterocycles. The lowest BCUT2D eigenvalue weighted by Gasteiger charge is -2.34. The first-order valence-electron chi connectivity index (χ1n) is 10.5. The van der Waals surface area contributed by atoms with Gasteiger partial charge in [0.25, 0.3) is 5.24 Å². The maximum absolute atomic E-state index is 12.7. The van der Waals surface area contributed by atoms with E-state index in [1.54, 1.807) is 0 Å². The Labute approximate surface area is 196 Å². The second-order valence-corrected chi connectivity index (χ2v) is 10.0. The molecule has 0 spiro atoms. The topological polar surface area (TPSA) is 94.6 Å². The minimum Gasteiger partial charge on any atom is -0.385 e. The lowest BCUT2D eigenvalue weighted by atomic mass is 10.0. The highest BCUT2D eigenvalue weighted by Crippen LogP contribution is 2.33. The molecule has 4 rings (SSSR count). The van der Waals surface area contributed by atoms with Crippen molar-refractivity contribution in [3.63, 3.8) is 0 Å². The Morgan fingerprint density at radius 1 is 1.21 bits per heavy atom. The lowest BCUT2D eigenvalue weighted by molar-refractivity contribution is -0.137. The van der Waals surface area contributed by atoms with E-state index in [0.717, 1.165) is 48.9 Å². The van der Waals surface area contributed by atoms with Crippen LogP contribution in [0.15, 0.2) is 29.6 Å². The molecule has 33 heavy (non-hydrogen) atoms. The number of anilines is 1. The highest BCUT2D eigenvalue weighted by molar-refractivity contribution is 8.15. The molecule has 7 nitrogen and oxygen atoms in total. The van der Waals surface area contributed by atoms with E-state index in [1.165, 1.54) is 5.38 Å². The predicted octanol–water partition coefficient (Wildman–Crippen LogP) is 3.35. The number of hydrogen-bond acceptors (Lipinski definition) is 8. The Kier molecular flexibility index (Phi) is 7.27. The van der Waals surface area contributed by atoms with E-state index >= 15 is 0 Å². The molecule has 0 radical (unpaired) electrons. The molecule has 2 atom stereocenters. The number of rotatable bonds is 7. The van der Waals surface area contributed by atoms with Crippen LogP contribution in [0.5, 0.6) is 0 Å². The fraction of sp³-hybridized carbons (Fsp3) is 0.476. The molecular weight excluding hydrogens is 477 g/mol. The number of aliphatic hydroxyl groups is 1. The summed E-state index contributed by atoms with van der Waals surface area (Å²) in [6.45, 7) is 1.75. The molecule has 178 valence electrons. The first-order chi connectivity index (χ1) is 15.7. The molecule has 12 heteroatoms. The number of halogens is 3. The van der Waals surface area contributed by atoms with Gasteiger partial charge in [0.1, 0.15) is 6.10 Å². The molecule has 2 aliphatic heterocycles. The summed E-state index contributed by atoms with van der Waals surface area (Å²) in [5.41, 5.74) is 2.09. The zero-order valence-electron chi connectivity index (χ0n) is 17.5. The van der Waals surface area contributed by atoms with Crippen LogP contribution >= 0.6 is 23.1 Å². The second kappa shape index (κ2) is 10.00. The van der Waals surface area contributed by atoms with E-state index in [1.807, 2.05) is 24.3 Å². The molecule has 2 fully saturated rings. The van der Waals surface area contributed by atoms with Gasteiger partial charge in [0.15, 0.2) is 5.01 Å². The van der Waals surface area contributed by atoms with Crippen LogP contribution in [0.2, 0.25) is 0 Å². The quantitative estimate of drug-likeness (QED) is 0.537. The van der Waals surface area contributed by atoms with E-state index in [4.69, 9.17) is 0 Å². The zero-order chi connectivity index (χ0) is 23.6. The van der Waals surface area contributed by atoms with Crippen LogP contribution in [0, 0.1) is 0 Å². The molecular formula is C21H23F3N4O3S2. The van der Waals surface area contributed by atoms with Gasteiger partial charge in [-0.15, -0.1) is 11.3 Å². The number of piperidine rings is 1. The number of nitrogens with zero attached hydrogens (tertiary/aromatic N) is 2. The van der Waals surface area contributed by atoms with Gasteiger partial charge in [-0.05, 0) is 37.0 Å². The number of aliphatic hydroxyl groups excluding tert-OH is 1. The normalized spacial score (nSPS) is 20.8. The number of imide groups is 1. The first kappa shape index (κ1) is 24.0. The molecule has 2 aliphatic rings. The fourth-order valence-corrected chi connectivity index (χ4v) is 5.47. The standard InChI is InChI=1S/C21H23F3N4O3S2/c22-21(23,24)19-26-15(11-32-19)16(29)10-25-13-5-7-28(8-6-13)14-3-1-12(2-4-14)9-17-18(30)27-20(31)33-17/h1-4,11,13,16-17,25,29H,5-10H2,(H,27,30,31)/t16-,17?/m0/s1. The lowest BCUT2D eigenvalue weighted by Crippen LogP contribution is -2.43. The molecule has 2 amide bonds. The SMILES string of the molecule is O=C1NC(=O)C(Cc2ccc(N3CCC(NC[C@H](O)c4csc(C(F)(F)F)n4)CC3)cc2)S1. The van der Waals surface area contributed by atoms with Crippen LogP contribution in [-0.2, 0) is 17.4 Å². The summed E-state index contributed by atoms with van der Waals surface area (Å²) in [5.74, 6) is -0.246. The summed E-state index contributed by atoms with van der Waals surface area (Å²) in [7, 11) is 0. The van der Waals surface area contributed by atoms with Crippen molar-refractivity contribution in [3.05, 3.63) is 45.9 Å². The highest BCUT2D eigenvalue weighted by Gasteiger charge is 2.35. The van der Waals surface area contributed by atoms with Gasteiger partial charge in [0, 0.05) is 36.7 Å². The van der Waals surface area contributed by atoms with Gasteiger partial charge in [-0.3, -0.25) is 14.9 Å². The van der Waals surface area contributed by atoms with Crippen molar-refractivity contribution in [2.24, 2.45) is 0 Å². The summed E-state index contributed by atoms with van der Waals surface area (Å²) in [6.07, 6.45) is -3.41. The van der Waals surface area contributed by atoms with Crippen molar-refractivity contribution >= 4 is 39.9 Å². The van der Waals surface area contributed by atoms with Crippen LogP contribution in [0.1, 0.15) is 35.2 Å². The van der Waals surface area contributed by atoms with Crippen molar-refractivity contribution in [3.8, 4) is 0 Å². The summed E-state index contributed by atoms with van der Waals surface area (Å²) < 4.78 is 38.0. The minimum absolute atomic E-state index is 0.0372. The predicted molar refractivity (Wildman–Crippen MR) is 120 cm³/mol. The van der Waals surface area contributed by atoms with E-state index < -0.39 is 17.3 Å². The summed E-state index contributed by atoms with van der Waals surface area (Å²) >= 11 is 1.51. The number of hydrogen-bond donors (Lipinski definition) is 3. The largest absolute Gasteiger partial charge is 0.443 e. The van der Waals surface area contributed by atoms with Crippen LogP contribution in [0.3, 0.4) is 0 Å². The van der Waals surface area contributed by atoms with E-state index in [0.29, 0.717) is 17.8 Å². The molecule has 0 bridgehead atoms. The molecule has 1 aromatic carbocycles. The van der Waals surface area contributed by atoms with Crippen LogP contribution in [-0.4, -0.2) is 52.2 Å². The summed E-state index contributed by atoms with van der Waals surface area (Å²) in [6, 6.07) is 8.11. The first-order valence-corrected chi connectivity index (χ1v) is 12.2. The number of carbonyl (C=O) groups is 2. The Morgan fingerprint density at radius 3 is 2.48 bits per heavy atom. The third kappa shape index (κ3) is 6.05. The van der Waals surface area contributed by atoms with Crippen molar-refractivity contribution < 1.29 is 27.9 Å². The molecule has 2 aromatic rings. The summed E-state index contributed by atoms with van der Waals surface area (Å²) in [5, 5.41) is 15.3. The van der Waals surface area contributed by atoms with Gasteiger partial charge < -0.3 is 15.3 Å². The van der Waals surface area contributed by atoms with Gasteiger partial charge in [-0.1, -0.05) is 23.9 Å². The number of alkyl halides is 3. The number of thioether (sulfide) groups is 1. The van der Waals surface area contributed by atoms with Crippen LogP contribution in [0.25, 0.3) is 0 Å². The molecule has 1 aromatic heterocycles. The number of benzene rings is 1. The van der Waals surface area contributed by atoms with Crippen LogP contribution in [0.4, 0.5) is 23.7 Å². The average molecular weight is 501 g/mol. The maximum Gasteiger partial charge on any atom is 0.443 e. The third-order valence-electron chi connectivity index (χ3n) is 5.69. The molecule has 0 aliphatic carbocycles. The van der Waals surface area contributed by atoms with Gasteiger partial charge in [0.05, 0.1) is 10.9 Å². The molecule has 0 saturated carbocycles. The molecule has 1 unspecified atom stereocenters. The molecule has 2 saturated heterocycles. The van der Waals surface area contributed by atoms with E-state index in [9.17, 15) is 27.9 Å². The van der Waals surface area contributed by atoms with Gasteiger partial charge in [-0.2, -0.15) is 13.2 Å². The number of carbonyl (C=O) groups excluding carboxylic acids is 2. The van der Waals surface area contributed by atoms with Crippen molar-refractivity contribution in [2.45, 2.75) is 42.8 Å². The minimum atomic E-state index is -4.50.